The first-order chi connectivity index (χ1) is 11.7. The molecule has 0 radical (unpaired) electrons. The van der Waals surface area contributed by atoms with Crippen LogP contribution in [-0.2, 0) is 6.54 Å². The van der Waals surface area contributed by atoms with Gasteiger partial charge in [-0.1, -0.05) is 29.8 Å². The Bertz CT molecular complexity index is 693. The number of rotatable bonds is 4. The van der Waals surface area contributed by atoms with Gasteiger partial charge in [-0.05, 0) is 20.3 Å². The molecule has 0 spiro atoms. The second-order valence-corrected chi connectivity index (χ2v) is 6.04. The van der Waals surface area contributed by atoms with E-state index in [-0.39, 0.29) is 6.10 Å². The normalized spacial score (nSPS) is 18.2. The predicted molar refractivity (Wildman–Crippen MR) is 93.7 cm³/mol. The topological polar surface area (TPSA) is 73.9 Å². The Kier molecular flexibility index (Phi) is 5.15. The number of hydrogen-bond acceptors (Lipinski definition) is 4. The van der Waals surface area contributed by atoms with E-state index in [1.165, 1.54) is 5.56 Å². The van der Waals surface area contributed by atoms with Gasteiger partial charge in [0.15, 0.2) is 11.7 Å². The molecule has 1 fully saturated rings. The fraction of sp³-hybridized carbons (Fsp3) is 0.444. The summed E-state index contributed by atoms with van der Waals surface area (Å²) in [5, 5.41) is 13.0. The summed E-state index contributed by atoms with van der Waals surface area (Å²) in [6.07, 6.45) is 2.24. The SMILES string of the molecule is CCNC(=NCc1ncc(-c2ccc(C)cc2)o1)N1CC[C@@H](O)C1. The van der Waals surface area contributed by atoms with E-state index in [2.05, 4.69) is 39.2 Å². The van der Waals surface area contributed by atoms with E-state index >= 15 is 0 Å². The molecule has 1 atom stereocenters. The lowest BCUT2D eigenvalue weighted by Gasteiger charge is -2.20. The van der Waals surface area contributed by atoms with Crippen LogP contribution in [0, 0.1) is 6.92 Å². The number of aryl methyl sites for hydroxylation is 1. The molecule has 1 aromatic heterocycles. The van der Waals surface area contributed by atoms with Gasteiger partial charge in [0.2, 0.25) is 5.89 Å². The second kappa shape index (κ2) is 7.49. The molecule has 128 valence electrons. The molecule has 3 rings (SSSR count). The number of aromatic nitrogens is 1. The molecule has 24 heavy (non-hydrogen) atoms. The van der Waals surface area contributed by atoms with Crippen molar-refractivity contribution in [2.75, 3.05) is 19.6 Å². The predicted octanol–water partition coefficient (Wildman–Crippen LogP) is 2.18. The van der Waals surface area contributed by atoms with Crippen LogP contribution in [0.15, 0.2) is 39.9 Å². The number of aliphatic hydroxyl groups excluding tert-OH is 1. The smallest absolute Gasteiger partial charge is 0.216 e. The first-order valence-corrected chi connectivity index (χ1v) is 8.38. The highest BCUT2D eigenvalue weighted by Crippen LogP contribution is 2.21. The molecule has 2 N–H and O–H groups in total. The van der Waals surface area contributed by atoms with Gasteiger partial charge < -0.3 is 19.7 Å². The molecule has 6 nitrogen and oxygen atoms in total. The molecule has 1 aliphatic heterocycles. The minimum absolute atomic E-state index is 0.274. The third kappa shape index (κ3) is 3.94. The minimum Gasteiger partial charge on any atom is -0.439 e. The van der Waals surface area contributed by atoms with Gasteiger partial charge in [-0.3, -0.25) is 0 Å². The lowest BCUT2D eigenvalue weighted by molar-refractivity contribution is 0.187. The van der Waals surface area contributed by atoms with Crippen LogP contribution in [0.4, 0.5) is 0 Å². The highest BCUT2D eigenvalue weighted by Gasteiger charge is 2.22. The van der Waals surface area contributed by atoms with E-state index < -0.39 is 0 Å². The molecule has 2 heterocycles. The van der Waals surface area contributed by atoms with Crippen molar-refractivity contribution < 1.29 is 9.52 Å². The zero-order chi connectivity index (χ0) is 16.9. The molecule has 1 aromatic carbocycles. The molecule has 2 aromatic rings. The van der Waals surface area contributed by atoms with Crippen LogP contribution in [0.1, 0.15) is 24.8 Å². The maximum absolute atomic E-state index is 9.70. The molecule has 0 aliphatic carbocycles. The van der Waals surface area contributed by atoms with Crippen molar-refractivity contribution in [3.05, 3.63) is 41.9 Å². The summed E-state index contributed by atoms with van der Waals surface area (Å²) < 4.78 is 5.81. The van der Waals surface area contributed by atoms with Gasteiger partial charge in [-0.25, -0.2) is 9.98 Å². The molecule has 0 unspecified atom stereocenters. The lowest BCUT2D eigenvalue weighted by Crippen LogP contribution is -2.40. The Balaban J connectivity index is 1.69. The summed E-state index contributed by atoms with van der Waals surface area (Å²) in [4.78, 5) is 11.0. The lowest BCUT2D eigenvalue weighted by atomic mass is 10.1. The highest BCUT2D eigenvalue weighted by molar-refractivity contribution is 5.80. The number of hydrogen-bond donors (Lipinski definition) is 2. The van der Waals surface area contributed by atoms with Crippen molar-refractivity contribution in [2.24, 2.45) is 4.99 Å². The van der Waals surface area contributed by atoms with Crippen LogP contribution in [-0.4, -0.2) is 46.7 Å². The third-order valence-electron chi connectivity index (χ3n) is 4.05. The minimum atomic E-state index is -0.274. The summed E-state index contributed by atoms with van der Waals surface area (Å²) in [6, 6.07) is 8.16. The van der Waals surface area contributed by atoms with Crippen molar-refractivity contribution in [3.63, 3.8) is 0 Å². The van der Waals surface area contributed by atoms with Crippen molar-refractivity contribution in [1.82, 2.24) is 15.2 Å². The number of benzene rings is 1. The molecule has 0 bridgehead atoms. The van der Waals surface area contributed by atoms with E-state index in [0.29, 0.717) is 19.0 Å². The summed E-state index contributed by atoms with van der Waals surface area (Å²) >= 11 is 0. The van der Waals surface area contributed by atoms with Gasteiger partial charge in [0, 0.05) is 25.2 Å². The van der Waals surface area contributed by atoms with Crippen molar-refractivity contribution in [1.29, 1.82) is 0 Å². The fourth-order valence-corrected chi connectivity index (χ4v) is 2.74. The van der Waals surface area contributed by atoms with E-state index in [4.69, 9.17) is 4.42 Å². The summed E-state index contributed by atoms with van der Waals surface area (Å²) in [5.74, 6) is 2.13. The third-order valence-corrected chi connectivity index (χ3v) is 4.05. The Labute approximate surface area is 142 Å². The van der Waals surface area contributed by atoms with Crippen LogP contribution in [0.25, 0.3) is 11.3 Å². The van der Waals surface area contributed by atoms with Crippen LogP contribution in [0.2, 0.25) is 0 Å². The van der Waals surface area contributed by atoms with E-state index in [0.717, 1.165) is 36.8 Å². The Morgan fingerprint density at radius 3 is 2.88 bits per heavy atom. The van der Waals surface area contributed by atoms with Crippen LogP contribution in [0.5, 0.6) is 0 Å². The average molecular weight is 328 g/mol. The number of aliphatic imine (C=N–C) groups is 1. The number of likely N-dealkylation sites (tertiary alicyclic amines) is 1. The van der Waals surface area contributed by atoms with Crippen molar-refractivity contribution in [3.8, 4) is 11.3 Å². The van der Waals surface area contributed by atoms with Crippen LogP contribution >= 0.6 is 0 Å². The van der Waals surface area contributed by atoms with E-state index in [9.17, 15) is 5.11 Å². The van der Waals surface area contributed by atoms with Gasteiger partial charge in [0.25, 0.3) is 0 Å². The van der Waals surface area contributed by atoms with Crippen LogP contribution < -0.4 is 5.32 Å². The number of guanidine groups is 1. The maximum atomic E-state index is 9.70. The zero-order valence-electron chi connectivity index (χ0n) is 14.2. The Morgan fingerprint density at radius 2 is 2.21 bits per heavy atom. The first kappa shape index (κ1) is 16.5. The molecule has 6 heteroatoms. The molecule has 0 saturated carbocycles. The number of nitrogens with one attached hydrogen (secondary N) is 1. The van der Waals surface area contributed by atoms with Gasteiger partial charge >= 0.3 is 0 Å². The average Bonchev–Trinajstić information content (AvgIpc) is 3.21. The Morgan fingerprint density at radius 1 is 1.42 bits per heavy atom. The van der Waals surface area contributed by atoms with Gasteiger partial charge in [0.05, 0.1) is 12.3 Å². The highest BCUT2D eigenvalue weighted by atomic mass is 16.4. The van der Waals surface area contributed by atoms with E-state index in [1.54, 1.807) is 6.20 Å². The number of oxazole rings is 1. The Hall–Kier alpha value is -2.34. The maximum Gasteiger partial charge on any atom is 0.216 e. The van der Waals surface area contributed by atoms with Crippen LogP contribution in [0.3, 0.4) is 0 Å². The summed E-state index contributed by atoms with van der Waals surface area (Å²) in [6.45, 7) is 6.68. The molecular weight excluding hydrogens is 304 g/mol. The quantitative estimate of drug-likeness (QED) is 0.665. The molecule has 0 amide bonds. The van der Waals surface area contributed by atoms with Crippen molar-refractivity contribution >= 4 is 5.96 Å². The number of nitrogens with zero attached hydrogens (tertiary/aromatic N) is 3. The van der Waals surface area contributed by atoms with Gasteiger partial charge in [0.1, 0.15) is 6.54 Å². The van der Waals surface area contributed by atoms with Gasteiger partial charge in [-0.2, -0.15) is 0 Å². The molecule has 1 saturated heterocycles. The first-order valence-electron chi connectivity index (χ1n) is 8.38. The van der Waals surface area contributed by atoms with Crippen molar-refractivity contribution in [2.45, 2.75) is 32.9 Å². The molecular formula is C18H24N4O2. The van der Waals surface area contributed by atoms with E-state index in [1.807, 2.05) is 19.1 Å². The summed E-state index contributed by atoms with van der Waals surface area (Å²) in [5.41, 5.74) is 2.23. The van der Waals surface area contributed by atoms with Gasteiger partial charge in [-0.15, -0.1) is 0 Å². The standard InChI is InChI=1S/C18H24N4O2/c1-3-19-18(22-9-8-15(23)12-22)21-11-17-20-10-16(24-17)14-6-4-13(2)5-7-14/h4-7,10,15,23H,3,8-9,11-12H2,1-2H3,(H,19,21)/t15-/m1/s1. The summed E-state index contributed by atoms with van der Waals surface area (Å²) in [7, 11) is 0. The number of aliphatic hydroxyl groups is 1. The molecule has 1 aliphatic rings. The second-order valence-electron chi connectivity index (χ2n) is 6.04. The number of β-amino-alcohol motifs (C(OH)–C–C–N with tert-alkyl or cyclic N) is 1. The monoisotopic (exact) mass is 328 g/mol. The fourth-order valence-electron chi connectivity index (χ4n) is 2.74. The largest absolute Gasteiger partial charge is 0.439 e. The zero-order valence-corrected chi connectivity index (χ0v) is 14.2.